The molecule has 9 heteroatoms. The van der Waals surface area contributed by atoms with Gasteiger partial charge >= 0.3 is 0 Å². The fourth-order valence-electron chi connectivity index (χ4n) is 2.88. The molecule has 0 aromatic carbocycles. The lowest BCUT2D eigenvalue weighted by Gasteiger charge is -2.19. The molecule has 3 N–H and O–H groups in total. The first-order valence-electron chi connectivity index (χ1n) is 7.89. The number of aromatic amines is 1. The Balaban J connectivity index is 2.08. The molecule has 0 saturated heterocycles. The van der Waals surface area contributed by atoms with Crippen LogP contribution in [0.15, 0.2) is 18.5 Å². The Labute approximate surface area is 153 Å². The number of nitrogens with one attached hydrogen (secondary N) is 1. The van der Waals surface area contributed by atoms with Gasteiger partial charge in [-0.05, 0) is 32.9 Å². The summed E-state index contributed by atoms with van der Waals surface area (Å²) >= 11 is 6.58. The summed E-state index contributed by atoms with van der Waals surface area (Å²) in [6.07, 6.45) is 1.42. The summed E-state index contributed by atoms with van der Waals surface area (Å²) in [6, 6.07) is 5.39. The summed E-state index contributed by atoms with van der Waals surface area (Å²) in [7, 11) is 0. The highest BCUT2D eigenvalue weighted by atomic mass is 35.5. The van der Waals surface area contributed by atoms with Gasteiger partial charge in [0.15, 0.2) is 5.65 Å². The molecule has 8 nitrogen and oxygen atoms in total. The molecule has 0 aliphatic carbocycles. The molecule has 0 spiro atoms. The van der Waals surface area contributed by atoms with Crippen molar-refractivity contribution in [3.63, 3.8) is 0 Å². The van der Waals surface area contributed by atoms with Gasteiger partial charge in [0, 0.05) is 5.39 Å². The molecule has 0 saturated carbocycles. The zero-order valence-corrected chi connectivity index (χ0v) is 15.1. The minimum atomic E-state index is -0.317. The van der Waals surface area contributed by atoms with Gasteiger partial charge in [0.2, 0.25) is 0 Å². The van der Waals surface area contributed by atoms with Crippen LogP contribution in [0.25, 0.3) is 33.5 Å². The van der Waals surface area contributed by atoms with E-state index in [2.05, 4.69) is 19.9 Å². The normalized spacial score (nSPS) is 12.0. The second-order valence-electron chi connectivity index (χ2n) is 6.91. The van der Waals surface area contributed by atoms with Gasteiger partial charge in [0.05, 0.1) is 21.6 Å². The zero-order chi connectivity index (χ0) is 18.6. The first-order chi connectivity index (χ1) is 12.3. The van der Waals surface area contributed by atoms with Gasteiger partial charge in [-0.3, -0.25) is 0 Å². The molecule has 0 atom stereocenters. The second-order valence-corrected chi connectivity index (χ2v) is 7.29. The minimum absolute atomic E-state index is 0.301. The third kappa shape index (κ3) is 2.29. The van der Waals surface area contributed by atoms with Gasteiger partial charge in [0.1, 0.15) is 35.2 Å². The Kier molecular flexibility index (Phi) is 3.39. The maximum atomic E-state index is 9.05. The first kappa shape index (κ1) is 16.3. The van der Waals surface area contributed by atoms with Crippen LogP contribution in [-0.2, 0) is 5.54 Å². The summed E-state index contributed by atoms with van der Waals surface area (Å²) in [5.74, 6) is 0.320. The van der Waals surface area contributed by atoms with Gasteiger partial charge in [-0.25, -0.2) is 19.6 Å². The van der Waals surface area contributed by atoms with Crippen LogP contribution < -0.4 is 5.73 Å². The van der Waals surface area contributed by atoms with Gasteiger partial charge in [-0.15, -0.1) is 0 Å². The maximum absolute atomic E-state index is 9.05. The zero-order valence-electron chi connectivity index (χ0n) is 14.4. The fourth-order valence-corrected chi connectivity index (χ4v) is 3.17. The van der Waals surface area contributed by atoms with E-state index in [9.17, 15) is 0 Å². The van der Waals surface area contributed by atoms with Crippen molar-refractivity contribution in [2.24, 2.45) is 0 Å². The van der Waals surface area contributed by atoms with E-state index in [0.717, 1.165) is 0 Å². The third-order valence-corrected chi connectivity index (χ3v) is 4.47. The second kappa shape index (κ2) is 5.41. The van der Waals surface area contributed by atoms with E-state index in [1.807, 2.05) is 26.8 Å². The summed E-state index contributed by atoms with van der Waals surface area (Å²) in [4.78, 5) is 15.9. The molecule has 0 bridgehead atoms. The molecule has 0 fully saturated rings. The Morgan fingerprint density at radius 3 is 2.73 bits per heavy atom. The molecular weight excluding hydrogens is 352 g/mol. The molecule has 4 aromatic heterocycles. The van der Waals surface area contributed by atoms with Gasteiger partial charge in [-0.1, -0.05) is 11.6 Å². The van der Waals surface area contributed by atoms with Gasteiger partial charge < -0.3 is 10.7 Å². The number of hydrogen-bond acceptors (Lipinski definition) is 6. The SMILES string of the molecule is CC(C)(C)n1nc(-c2[nH]c3nc(C#N)ccc3c2Cl)c2c(N)ncnc21. The van der Waals surface area contributed by atoms with E-state index >= 15 is 0 Å². The number of rotatable bonds is 1. The average Bonchev–Trinajstić information content (AvgIpc) is 3.13. The number of H-pyrrole nitrogens is 1. The standard InChI is InChI=1S/C17H15ClN8/c1-17(2,3)26-16-10(14(20)21-7-22-16)12(25-26)13-11(18)9-5-4-8(6-19)23-15(9)24-13/h4-5,7H,1-3H3,(H,23,24)(H2,20,21,22). The van der Waals surface area contributed by atoms with Crippen LogP contribution in [-0.4, -0.2) is 29.7 Å². The highest BCUT2D eigenvalue weighted by molar-refractivity contribution is 6.38. The maximum Gasteiger partial charge on any atom is 0.164 e. The lowest BCUT2D eigenvalue weighted by Crippen LogP contribution is -2.23. The van der Waals surface area contributed by atoms with E-state index in [1.165, 1.54) is 6.33 Å². The van der Waals surface area contributed by atoms with Crippen molar-refractivity contribution in [3.05, 3.63) is 29.2 Å². The van der Waals surface area contributed by atoms with Crippen molar-refractivity contribution in [1.29, 1.82) is 5.26 Å². The molecular formula is C17H15ClN8. The van der Waals surface area contributed by atoms with Crippen LogP contribution >= 0.6 is 11.6 Å². The third-order valence-electron chi connectivity index (χ3n) is 4.08. The van der Waals surface area contributed by atoms with Crippen molar-refractivity contribution in [2.45, 2.75) is 26.3 Å². The molecule has 0 unspecified atom stereocenters. The lowest BCUT2D eigenvalue weighted by molar-refractivity contribution is 0.366. The number of nitrogens with two attached hydrogens (primary N) is 1. The van der Waals surface area contributed by atoms with Crippen molar-refractivity contribution < 1.29 is 0 Å². The number of fused-ring (bicyclic) bond motifs is 2. The highest BCUT2D eigenvalue weighted by Gasteiger charge is 2.26. The number of nitrogens with zero attached hydrogens (tertiary/aromatic N) is 6. The number of pyridine rings is 1. The average molecular weight is 367 g/mol. The summed E-state index contributed by atoms with van der Waals surface area (Å²) in [5, 5.41) is 15.6. The molecule has 0 aliphatic heterocycles. The van der Waals surface area contributed by atoms with Crippen LogP contribution in [0.5, 0.6) is 0 Å². The van der Waals surface area contributed by atoms with E-state index in [1.54, 1.807) is 16.8 Å². The quantitative estimate of drug-likeness (QED) is 0.533. The van der Waals surface area contributed by atoms with E-state index in [0.29, 0.717) is 50.0 Å². The molecule has 4 heterocycles. The Morgan fingerprint density at radius 1 is 1.27 bits per heavy atom. The largest absolute Gasteiger partial charge is 0.383 e. The van der Waals surface area contributed by atoms with Crippen LogP contribution in [0.1, 0.15) is 26.5 Å². The molecule has 4 aromatic rings. The Hall–Kier alpha value is -3.18. The number of nitrogen functional groups attached to an aromatic ring is 1. The van der Waals surface area contributed by atoms with Crippen molar-refractivity contribution in [1.82, 2.24) is 29.7 Å². The van der Waals surface area contributed by atoms with Crippen LogP contribution in [0.2, 0.25) is 5.02 Å². The molecule has 130 valence electrons. The molecule has 0 aliphatic rings. The number of halogens is 1. The number of nitriles is 1. The topological polar surface area (TPSA) is 122 Å². The van der Waals surface area contributed by atoms with Crippen LogP contribution in [0.4, 0.5) is 5.82 Å². The molecule has 4 rings (SSSR count). The van der Waals surface area contributed by atoms with Crippen molar-refractivity contribution >= 4 is 39.5 Å². The Morgan fingerprint density at radius 2 is 2.04 bits per heavy atom. The van der Waals surface area contributed by atoms with Crippen LogP contribution in [0.3, 0.4) is 0 Å². The predicted octanol–water partition coefficient (Wildman–Crippen LogP) is 3.23. The van der Waals surface area contributed by atoms with E-state index in [4.69, 9.17) is 27.7 Å². The van der Waals surface area contributed by atoms with E-state index < -0.39 is 0 Å². The minimum Gasteiger partial charge on any atom is -0.383 e. The number of aromatic nitrogens is 6. The van der Waals surface area contributed by atoms with Gasteiger partial charge in [0.25, 0.3) is 0 Å². The lowest BCUT2D eigenvalue weighted by atomic mass is 10.1. The predicted molar refractivity (Wildman–Crippen MR) is 99.5 cm³/mol. The smallest absolute Gasteiger partial charge is 0.164 e. The molecule has 0 radical (unpaired) electrons. The van der Waals surface area contributed by atoms with Gasteiger partial charge in [-0.2, -0.15) is 10.4 Å². The number of hydrogen-bond donors (Lipinski definition) is 2. The highest BCUT2D eigenvalue weighted by Crippen LogP contribution is 2.38. The van der Waals surface area contributed by atoms with Crippen molar-refractivity contribution in [3.8, 4) is 17.5 Å². The van der Waals surface area contributed by atoms with Crippen LogP contribution in [0, 0.1) is 11.3 Å². The first-order valence-corrected chi connectivity index (χ1v) is 8.27. The monoisotopic (exact) mass is 366 g/mol. The fraction of sp³-hybridized carbons (Fsp3) is 0.235. The summed E-state index contributed by atoms with van der Waals surface area (Å²) in [5.41, 5.74) is 8.36. The molecule has 0 amide bonds. The number of anilines is 1. The molecule has 26 heavy (non-hydrogen) atoms. The van der Waals surface area contributed by atoms with E-state index in [-0.39, 0.29) is 5.54 Å². The Bertz CT molecular complexity index is 1210. The summed E-state index contributed by atoms with van der Waals surface area (Å²) < 4.78 is 1.80. The summed E-state index contributed by atoms with van der Waals surface area (Å²) in [6.45, 7) is 6.07. The van der Waals surface area contributed by atoms with Crippen molar-refractivity contribution in [2.75, 3.05) is 5.73 Å².